The molecule has 0 atom stereocenters. The highest BCUT2D eigenvalue weighted by atomic mass is 15.2. The molecule has 0 aliphatic carbocycles. The van der Waals surface area contributed by atoms with Crippen molar-refractivity contribution in [2.24, 2.45) is 0 Å². The predicted octanol–water partition coefficient (Wildman–Crippen LogP) is 12.9. The summed E-state index contributed by atoms with van der Waals surface area (Å²) in [6, 6.07) is 72.1. The van der Waals surface area contributed by atoms with E-state index in [-0.39, 0.29) is 6.85 Å². The summed E-state index contributed by atoms with van der Waals surface area (Å²) in [7, 11) is 0. The number of aromatic nitrogens is 2. The number of hydrogen-bond acceptors (Lipinski definition) is 2. The van der Waals surface area contributed by atoms with Crippen molar-refractivity contribution in [2.45, 2.75) is 6.92 Å². The number of benzene rings is 9. The van der Waals surface area contributed by atoms with Crippen molar-refractivity contribution in [1.82, 2.24) is 8.97 Å². The topological polar surface area (TPSA) is 15.8 Å². The Kier molecular flexibility index (Phi) is 6.27. The minimum atomic E-state index is -0.0803. The van der Waals surface area contributed by atoms with E-state index in [9.17, 15) is 0 Å². The van der Waals surface area contributed by atoms with Gasteiger partial charge in [0.2, 0.25) is 0 Å². The summed E-state index contributed by atoms with van der Waals surface area (Å²) in [4.78, 5) is 5.11. The van der Waals surface area contributed by atoms with E-state index in [4.69, 9.17) is 0 Å². The SMILES string of the molecule is Cc1ccccc1N1B2c3c(cc(N(c4ccccc4)c4ccccc4)cc3-n3c4ccccc4c4cccc2c43)-c2c1ccc1c3cccc4c5ccccc5n(c21)c43. The van der Waals surface area contributed by atoms with E-state index in [1.165, 1.54) is 105 Å². The summed E-state index contributed by atoms with van der Waals surface area (Å²) in [5.74, 6) is 0. The Morgan fingerprint density at radius 3 is 1.75 bits per heavy atom. The minimum Gasteiger partial charge on any atom is -0.376 e. The second-order valence-electron chi connectivity index (χ2n) is 16.5. The molecule has 0 fully saturated rings. The lowest BCUT2D eigenvalue weighted by Gasteiger charge is -2.43. The van der Waals surface area contributed by atoms with Crippen LogP contribution in [0, 0.1) is 6.92 Å². The number of fused-ring (bicyclic) bond motifs is 14. The first kappa shape index (κ1) is 32.2. The number of aryl methyl sites for hydroxylation is 1. The Morgan fingerprint density at radius 2 is 1.00 bits per heavy atom. The summed E-state index contributed by atoms with van der Waals surface area (Å²) in [5, 5.41) is 7.69. The second-order valence-corrected chi connectivity index (χ2v) is 16.5. The molecule has 5 heteroatoms. The van der Waals surface area contributed by atoms with Gasteiger partial charge in [0.25, 0.3) is 0 Å². The van der Waals surface area contributed by atoms with Crippen LogP contribution in [-0.4, -0.2) is 15.8 Å². The van der Waals surface area contributed by atoms with E-state index >= 15 is 0 Å². The lowest BCUT2D eigenvalue weighted by Crippen LogP contribution is -2.60. The summed E-state index contributed by atoms with van der Waals surface area (Å²) in [5.41, 5.74) is 19.7. The van der Waals surface area contributed by atoms with Gasteiger partial charge in [-0.1, -0.05) is 133 Å². The van der Waals surface area contributed by atoms with Gasteiger partial charge in [0.05, 0.1) is 27.6 Å². The number of para-hydroxylation sites is 7. The van der Waals surface area contributed by atoms with Gasteiger partial charge in [0.1, 0.15) is 0 Å². The highest BCUT2D eigenvalue weighted by molar-refractivity contribution is 6.93. The van der Waals surface area contributed by atoms with E-state index in [0.717, 1.165) is 17.1 Å². The van der Waals surface area contributed by atoms with E-state index in [0.29, 0.717) is 0 Å². The van der Waals surface area contributed by atoms with Gasteiger partial charge in [0.15, 0.2) is 0 Å². The third-order valence-corrected chi connectivity index (χ3v) is 13.5. The van der Waals surface area contributed by atoms with Gasteiger partial charge in [0, 0.05) is 72.0 Å². The van der Waals surface area contributed by atoms with Crippen LogP contribution in [-0.2, 0) is 0 Å². The molecule has 0 amide bonds. The first-order valence-corrected chi connectivity index (χ1v) is 20.9. The van der Waals surface area contributed by atoms with Gasteiger partial charge < -0.3 is 18.7 Å². The van der Waals surface area contributed by atoms with Gasteiger partial charge in [-0.05, 0) is 89.6 Å². The predicted molar refractivity (Wildman–Crippen MR) is 254 cm³/mol. The summed E-state index contributed by atoms with van der Waals surface area (Å²) in [6.45, 7) is 2.18. The molecule has 3 aromatic heterocycles. The maximum Gasteiger partial charge on any atom is 0.333 e. The molecule has 278 valence electrons. The quantitative estimate of drug-likeness (QED) is 0.166. The Balaban J connectivity index is 1.23. The molecule has 5 heterocycles. The lowest BCUT2D eigenvalue weighted by molar-refractivity contribution is 1.17. The molecule has 60 heavy (non-hydrogen) atoms. The van der Waals surface area contributed by atoms with Crippen LogP contribution >= 0.6 is 0 Å². The van der Waals surface area contributed by atoms with Crippen molar-refractivity contribution >= 4 is 106 Å². The van der Waals surface area contributed by atoms with Crippen LogP contribution in [0.3, 0.4) is 0 Å². The third-order valence-electron chi connectivity index (χ3n) is 13.5. The second kappa shape index (κ2) is 11.7. The fourth-order valence-corrected chi connectivity index (χ4v) is 11.2. The maximum atomic E-state index is 2.67. The Hall–Kier alpha value is -7.76. The highest BCUT2D eigenvalue weighted by Gasteiger charge is 2.45. The molecular weight excluding hydrogens is 727 g/mol. The van der Waals surface area contributed by atoms with Crippen LogP contribution in [0.1, 0.15) is 5.56 Å². The van der Waals surface area contributed by atoms with Crippen molar-refractivity contribution in [3.8, 4) is 16.8 Å². The van der Waals surface area contributed by atoms with Crippen LogP contribution in [0.25, 0.3) is 76.7 Å². The molecule has 12 aromatic rings. The summed E-state index contributed by atoms with van der Waals surface area (Å²) >= 11 is 0. The van der Waals surface area contributed by atoms with Crippen LogP contribution < -0.4 is 20.6 Å². The molecule has 0 unspecified atom stereocenters. The van der Waals surface area contributed by atoms with Crippen LogP contribution in [0.5, 0.6) is 0 Å². The fraction of sp³-hybridized carbons (Fsp3) is 0.0182. The standard InChI is InChI=1S/C55H35BN4/c1-34-16-8-11-27-46(34)60-49-31-30-43-42-24-14-23-40-38-21-10-13-29-48(38)59(53(40)42)55(43)51(49)44-32-37(57(35-17-4-2-5-18-35)36-19-6-3-7-20-36)33-50-52(44)56(60)45-26-15-25-41-39-22-9-12-28-47(39)58(50)54(41)45/h2-33H,1H3. The molecule has 0 N–H and O–H groups in total. The van der Waals surface area contributed by atoms with E-state index in [1.807, 2.05) is 0 Å². The van der Waals surface area contributed by atoms with Crippen LogP contribution in [0.4, 0.5) is 28.4 Å². The molecular formula is C55H35BN4. The first-order valence-electron chi connectivity index (χ1n) is 20.9. The molecule has 0 bridgehead atoms. The molecule has 14 rings (SSSR count). The lowest BCUT2D eigenvalue weighted by atomic mass is 9.44. The zero-order chi connectivity index (χ0) is 39.2. The molecule has 0 spiro atoms. The van der Waals surface area contributed by atoms with Gasteiger partial charge in [-0.25, -0.2) is 0 Å². The molecule has 0 saturated heterocycles. The zero-order valence-electron chi connectivity index (χ0n) is 32.8. The molecule has 2 aliphatic heterocycles. The van der Waals surface area contributed by atoms with Crippen molar-refractivity contribution < 1.29 is 0 Å². The normalized spacial score (nSPS) is 13.0. The summed E-state index contributed by atoms with van der Waals surface area (Å²) in [6.07, 6.45) is 0. The fourth-order valence-electron chi connectivity index (χ4n) is 11.2. The Morgan fingerprint density at radius 1 is 0.417 bits per heavy atom. The van der Waals surface area contributed by atoms with Crippen molar-refractivity contribution in [3.63, 3.8) is 0 Å². The van der Waals surface area contributed by atoms with Gasteiger partial charge in [-0.2, -0.15) is 0 Å². The largest absolute Gasteiger partial charge is 0.376 e. The minimum absolute atomic E-state index is 0.0803. The third kappa shape index (κ3) is 4.01. The Bertz CT molecular complexity index is 3710. The van der Waals surface area contributed by atoms with Crippen molar-refractivity contribution in [3.05, 3.63) is 200 Å². The van der Waals surface area contributed by atoms with Gasteiger partial charge in [-0.15, -0.1) is 0 Å². The monoisotopic (exact) mass is 762 g/mol. The van der Waals surface area contributed by atoms with E-state index in [2.05, 4.69) is 220 Å². The molecule has 2 aliphatic rings. The van der Waals surface area contributed by atoms with E-state index < -0.39 is 0 Å². The zero-order valence-corrected chi connectivity index (χ0v) is 32.8. The molecule has 0 saturated carbocycles. The number of anilines is 5. The van der Waals surface area contributed by atoms with Gasteiger partial charge >= 0.3 is 6.85 Å². The number of hydrogen-bond donors (Lipinski definition) is 0. The smallest absolute Gasteiger partial charge is 0.333 e. The van der Waals surface area contributed by atoms with Crippen LogP contribution in [0.2, 0.25) is 0 Å². The van der Waals surface area contributed by atoms with Gasteiger partial charge in [-0.3, -0.25) is 0 Å². The highest BCUT2D eigenvalue weighted by Crippen LogP contribution is 2.52. The van der Waals surface area contributed by atoms with Crippen molar-refractivity contribution in [2.75, 3.05) is 9.71 Å². The first-order chi connectivity index (χ1) is 29.7. The maximum absolute atomic E-state index is 2.67. The number of rotatable bonds is 4. The molecule has 0 radical (unpaired) electrons. The Labute approximate surface area is 346 Å². The average molecular weight is 763 g/mol. The van der Waals surface area contributed by atoms with Crippen LogP contribution in [0.15, 0.2) is 194 Å². The number of nitrogens with zero attached hydrogens (tertiary/aromatic N) is 4. The van der Waals surface area contributed by atoms with E-state index in [1.54, 1.807) is 0 Å². The average Bonchev–Trinajstić information content (AvgIpc) is 3.95. The molecule has 9 aromatic carbocycles. The molecule has 4 nitrogen and oxygen atoms in total. The summed E-state index contributed by atoms with van der Waals surface area (Å²) < 4.78 is 5.16. The van der Waals surface area contributed by atoms with Crippen molar-refractivity contribution in [1.29, 1.82) is 0 Å².